The molecule has 0 aromatic carbocycles. The number of halogens is 3. The van der Waals surface area contributed by atoms with Gasteiger partial charge in [-0.3, -0.25) is 0 Å². The second-order valence-corrected chi connectivity index (χ2v) is 3.89. The van der Waals surface area contributed by atoms with Gasteiger partial charge in [0.1, 0.15) is 11.5 Å². The number of nitrogens with zero attached hydrogens (tertiary/aromatic N) is 3. The lowest BCUT2D eigenvalue weighted by atomic mass is 10.2. The van der Waals surface area contributed by atoms with E-state index >= 15 is 0 Å². The molecule has 0 saturated heterocycles. The van der Waals surface area contributed by atoms with E-state index < -0.39 is 0 Å². The molecule has 0 radical (unpaired) electrons. The van der Waals surface area contributed by atoms with E-state index in [0.717, 1.165) is 0 Å². The number of pyridine rings is 1. The molecule has 2 heterocycles. The molecule has 0 amide bonds. The maximum absolute atomic E-state index is 5.97. The first-order valence-electron chi connectivity index (χ1n) is 3.95. The fourth-order valence-corrected chi connectivity index (χ4v) is 1.67. The molecule has 0 unspecified atom stereocenters. The number of hydrogen-bond acceptors (Lipinski definition) is 3. The van der Waals surface area contributed by atoms with Crippen molar-refractivity contribution in [2.75, 3.05) is 0 Å². The van der Waals surface area contributed by atoms with Crippen molar-refractivity contribution in [1.29, 1.82) is 0 Å². The molecule has 0 N–H and O–H groups in total. The quantitative estimate of drug-likeness (QED) is 0.737. The summed E-state index contributed by atoms with van der Waals surface area (Å²) >= 11 is 17.5. The van der Waals surface area contributed by atoms with E-state index in [1.165, 1.54) is 6.33 Å². The number of rotatable bonds is 1. The van der Waals surface area contributed by atoms with Gasteiger partial charge in [0.2, 0.25) is 0 Å². The molecule has 0 bridgehead atoms. The monoisotopic (exact) mass is 259 g/mol. The van der Waals surface area contributed by atoms with Crippen molar-refractivity contribution in [2.45, 2.75) is 0 Å². The SMILES string of the molecule is Clc1cc(Cl)c(-c2cncnc2)nc1Cl. The molecule has 0 saturated carbocycles. The van der Waals surface area contributed by atoms with Crippen LogP contribution in [-0.2, 0) is 0 Å². The highest BCUT2D eigenvalue weighted by Gasteiger charge is 2.09. The molecule has 0 spiro atoms. The molecule has 0 fully saturated rings. The third-order valence-corrected chi connectivity index (χ3v) is 2.68. The van der Waals surface area contributed by atoms with Gasteiger partial charge in [0.15, 0.2) is 0 Å². The zero-order chi connectivity index (χ0) is 10.8. The van der Waals surface area contributed by atoms with Crippen molar-refractivity contribution >= 4 is 34.8 Å². The van der Waals surface area contributed by atoms with Crippen molar-refractivity contribution in [3.63, 3.8) is 0 Å². The van der Waals surface area contributed by atoms with Crippen LogP contribution in [0.1, 0.15) is 0 Å². The first-order valence-corrected chi connectivity index (χ1v) is 5.09. The van der Waals surface area contributed by atoms with Crippen molar-refractivity contribution < 1.29 is 0 Å². The Morgan fingerprint density at radius 2 is 1.60 bits per heavy atom. The van der Waals surface area contributed by atoms with Gasteiger partial charge in [-0.1, -0.05) is 34.8 Å². The Hall–Kier alpha value is -0.900. The number of aromatic nitrogens is 3. The van der Waals surface area contributed by atoms with Crippen molar-refractivity contribution in [1.82, 2.24) is 15.0 Å². The molecule has 76 valence electrons. The summed E-state index contributed by atoms with van der Waals surface area (Å²) in [5, 5.41) is 0.946. The van der Waals surface area contributed by atoms with Crippen LogP contribution in [0.25, 0.3) is 11.3 Å². The highest BCUT2D eigenvalue weighted by atomic mass is 35.5. The second kappa shape index (κ2) is 4.31. The molecule has 0 aliphatic carbocycles. The first-order chi connectivity index (χ1) is 7.18. The Labute approximate surface area is 101 Å². The van der Waals surface area contributed by atoms with Crippen LogP contribution in [0.15, 0.2) is 24.8 Å². The molecule has 0 aliphatic rings. The van der Waals surface area contributed by atoms with Gasteiger partial charge in [-0.2, -0.15) is 0 Å². The van der Waals surface area contributed by atoms with Crippen molar-refractivity contribution in [2.24, 2.45) is 0 Å². The van der Waals surface area contributed by atoms with Crippen LogP contribution >= 0.6 is 34.8 Å². The Morgan fingerprint density at radius 1 is 0.933 bits per heavy atom. The third kappa shape index (κ3) is 2.20. The van der Waals surface area contributed by atoms with E-state index in [1.54, 1.807) is 18.5 Å². The fraction of sp³-hybridized carbons (Fsp3) is 0. The van der Waals surface area contributed by atoms with Crippen LogP contribution in [0.4, 0.5) is 0 Å². The summed E-state index contributed by atoms with van der Waals surface area (Å²) in [6.07, 6.45) is 4.63. The lowest BCUT2D eigenvalue weighted by molar-refractivity contribution is 1.16. The summed E-state index contributed by atoms with van der Waals surface area (Å²) in [5.41, 5.74) is 1.22. The lowest BCUT2D eigenvalue weighted by Crippen LogP contribution is -1.88. The average Bonchev–Trinajstić information content (AvgIpc) is 2.25. The first kappa shape index (κ1) is 10.6. The van der Waals surface area contributed by atoms with E-state index in [4.69, 9.17) is 34.8 Å². The minimum absolute atomic E-state index is 0.208. The highest BCUT2D eigenvalue weighted by molar-refractivity contribution is 6.42. The van der Waals surface area contributed by atoms with Crippen LogP contribution in [0.5, 0.6) is 0 Å². The molecule has 6 heteroatoms. The Bertz CT molecular complexity index is 487. The molecular formula is C9H4Cl3N3. The summed E-state index contributed by atoms with van der Waals surface area (Å²) in [6, 6.07) is 1.54. The predicted octanol–water partition coefficient (Wildman–Crippen LogP) is 3.50. The summed E-state index contributed by atoms with van der Waals surface area (Å²) in [5.74, 6) is 0. The van der Waals surface area contributed by atoms with Gasteiger partial charge in [0.05, 0.1) is 15.7 Å². The van der Waals surface area contributed by atoms with Crippen LogP contribution in [-0.4, -0.2) is 15.0 Å². The highest BCUT2D eigenvalue weighted by Crippen LogP contribution is 2.31. The van der Waals surface area contributed by atoms with Gasteiger partial charge in [-0.15, -0.1) is 0 Å². The van der Waals surface area contributed by atoms with Gasteiger partial charge in [0.25, 0.3) is 0 Å². The molecule has 15 heavy (non-hydrogen) atoms. The van der Waals surface area contributed by atoms with Gasteiger partial charge in [-0.05, 0) is 6.07 Å². The zero-order valence-electron chi connectivity index (χ0n) is 7.28. The van der Waals surface area contributed by atoms with Crippen molar-refractivity contribution in [3.8, 4) is 11.3 Å². The molecule has 2 rings (SSSR count). The van der Waals surface area contributed by atoms with Crippen LogP contribution in [0, 0.1) is 0 Å². The normalized spacial score (nSPS) is 10.3. The van der Waals surface area contributed by atoms with E-state index in [-0.39, 0.29) is 5.15 Å². The van der Waals surface area contributed by atoms with Gasteiger partial charge >= 0.3 is 0 Å². The van der Waals surface area contributed by atoms with Crippen LogP contribution in [0.2, 0.25) is 15.2 Å². The fourth-order valence-electron chi connectivity index (χ4n) is 1.07. The van der Waals surface area contributed by atoms with E-state index in [9.17, 15) is 0 Å². The van der Waals surface area contributed by atoms with Crippen LogP contribution < -0.4 is 0 Å². The van der Waals surface area contributed by atoms with E-state index in [0.29, 0.717) is 21.3 Å². The third-order valence-electron chi connectivity index (χ3n) is 1.72. The maximum atomic E-state index is 5.97. The van der Waals surface area contributed by atoms with Crippen molar-refractivity contribution in [3.05, 3.63) is 40.0 Å². The largest absolute Gasteiger partial charge is 0.244 e. The minimum atomic E-state index is 0.208. The second-order valence-electron chi connectivity index (χ2n) is 2.72. The average molecular weight is 261 g/mol. The molecule has 3 nitrogen and oxygen atoms in total. The minimum Gasteiger partial charge on any atom is -0.244 e. The molecule has 2 aromatic heterocycles. The predicted molar refractivity (Wildman–Crippen MR) is 60.3 cm³/mol. The van der Waals surface area contributed by atoms with Gasteiger partial charge in [0, 0.05) is 18.0 Å². The van der Waals surface area contributed by atoms with E-state index in [2.05, 4.69) is 15.0 Å². The summed E-state index contributed by atoms with van der Waals surface area (Å²) in [6.45, 7) is 0. The topological polar surface area (TPSA) is 38.7 Å². The van der Waals surface area contributed by atoms with Crippen LogP contribution in [0.3, 0.4) is 0 Å². The molecule has 0 aliphatic heterocycles. The lowest BCUT2D eigenvalue weighted by Gasteiger charge is -2.04. The zero-order valence-corrected chi connectivity index (χ0v) is 9.55. The Balaban J connectivity index is 2.59. The van der Waals surface area contributed by atoms with E-state index in [1.807, 2.05) is 0 Å². The molecule has 2 aromatic rings. The molecular weight excluding hydrogens is 256 g/mol. The standard InChI is InChI=1S/C9H4Cl3N3/c10-6-1-7(11)9(12)15-8(6)5-2-13-4-14-3-5/h1-4H. The maximum Gasteiger partial charge on any atom is 0.148 e. The molecule has 0 atom stereocenters. The summed E-state index contributed by atoms with van der Waals surface area (Å²) in [4.78, 5) is 11.8. The summed E-state index contributed by atoms with van der Waals surface area (Å²) in [7, 11) is 0. The summed E-state index contributed by atoms with van der Waals surface area (Å²) < 4.78 is 0. The smallest absolute Gasteiger partial charge is 0.148 e. The van der Waals surface area contributed by atoms with Gasteiger partial charge in [-0.25, -0.2) is 15.0 Å². The van der Waals surface area contributed by atoms with Gasteiger partial charge < -0.3 is 0 Å². The Kier molecular flexibility index (Phi) is 3.05. The Morgan fingerprint density at radius 3 is 2.27 bits per heavy atom. The number of hydrogen-bond donors (Lipinski definition) is 0.